The van der Waals surface area contributed by atoms with Gasteiger partial charge in [0.15, 0.2) is 6.20 Å². The Bertz CT molecular complexity index is 873. The maximum Gasteiger partial charge on any atom is 0.416 e. The Morgan fingerprint density at radius 1 is 0.778 bits per heavy atom. The van der Waals surface area contributed by atoms with Gasteiger partial charge < -0.3 is 0 Å². The molecule has 0 aliphatic heterocycles. The van der Waals surface area contributed by atoms with Crippen LogP contribution in [0.5, 0.6) is 0 Å². The lowest BCUT2D eigenvalue weighted by Gasteiger charge is -2.24. The molecule has 0 N–H and O–H groups in total. The minimum absolute atomic E-state index is 0.478. The van der Waals surface area contributed by atoms with Crippen molar-refractivity contribution in [2.75, 3.05) is 0 Å². The normalized spacial score (nSPS) is 13.2. The molecule has 0 fully saturated rings. The maximum absolute atomic E-state index is 13.8. The second kappa shape index (κ2) is 6.88. The van der Waals surface area contributed by atoms with Crippen LogP contribution in [0.25, 0.3) is 11.3 Å². The van der Waals surface area contributed by atoms with Gasteiger partial charge in [-0.25, -0.2) is 4.57 Å². The van der Waals surface area contributed by atoms with Crippen LogP contribution >= 0.6 is 0 Å². The number of halogens is 3. The predicted molar refractivity (Wildman–Crippen MR) is 113 cm³/mol. The van der Waals surface area contributed by atoms with Gasteiger partial charge in [0, 0.05) is 16.8 Å². The first-order valence-corrected chi connectivity index (χ1v) is 16.3. The molecule has 0 spiro atoms. The second-order valence-corrected chi connectivity index (χ2v) is 19.7. The first-order chi connectivity index (χ1) is 12.0. The average molecular weight is 411 g/mol. The van der Waals surface area contributed by atoms with Crippen molar-refractivity contribution in [3.8, 4) is 11.3 Å². The number of nitrogens with zero attached hydrogens (tertiary/aromatic N) is 1. The third-order valence-electron chi connectivity index (χ3n) is 5.04. The first kappa shape index (κ1) is 21.9. The van der Waals surface area contributed by atoms with Crippen LogP contribution in [0.1, 0.15) is 16.7 Å². The van der Waals surface area contributed by atoms with Crippen LogP contribution in [-0.4, -0.2) is 16.1 Å². The minimum Gasteiger partial charge on any atom is -0.201 e. The van der Waals surface area contributed by atoms with E-state index in [0.29, 0.717) is 10.8 Å². The smallest absolute Gasteiger partial charge is 0.201 e. The summed E-state index contributed by atoms with van der Waals surface area (Å²) in [7, 11) is -1.71. The first-order valence-electron chi connectivity index (χ1n) is 9.27. The van der Waals surface area contributed by atoms with E-state index in [1.165, 1.54) is 11.3 Å². The molecular formula is C21H31F3NSi2+. The lowest BCUT2D eigenvalue weighted by atomic mass is 10.00. The summed E-state index contributed by atoms with van der Waals surface area (Å²) < 4.78 is 43.5. The van der Waals surface area contributed by atoms with Crippen molar-refractivity contribution in [3.05, 3.63) is 41.1 Å². The number of rotatable bonds is 3. The van der Waals surface area contributed by atoms with Gasteiger partial charge in [-0.2, -0.15) is 13.2 Å². The lowest BCUT2D eigenvalue weighted by molar-refractivity contribution is -0.659. The number of benzene rings is 1. The summed E-state index contributed by atoms with van der Waals surface area (Å²) in [6.45, 7) is 16.7. The maximum atomic E-state index is 13.8. The van der Waals surface area contributed by atoms with Gasteiger partial charge >= 0.3 is 6.18 Å². The average Bonchev–Trinajstić information content (AvgIpc) is 2.46. The summed E-state index contributed by atoms with van der Waals surface area (Å²) in [6, 6.07) is 5.18. The number of hydrogen-bond donors (Lipinski definition) is 0. The van der Waals surface area contributed by atoms with Gasteiger partial charge in [0.2, 0.25) is 5.69 Å². The van der Waals surface area contributed by atoms with E-state index in [-0.39, 0.29) is 0 Å². The fourth-order valence-electron chi connectivity index (χ4n) is 3.64. The topological polar surface area (TPSA) is 3.88 Å². The van der Waals surface area contributed by atoms with Crippen LogP contribution in [0.4, 0.5) is 13.2 Å². The third kappa shape index (κ3) is 4.54. The van der Waals surface area contributed by atoms with Crippen LogP contribution in [-0.2, 0) is 13.2 Å². The molecule has 0 amide bonds. The Balaban J connectivity index is 2.79. The van der Waals surface area contributed by atoms with Crippen molar-refractivity contribution < 1.29 is 17.7 Å². The SMILES string of the molecule is Cc1cc([Si](C)(C)C)c(C(F)(F)F)cc1-c1cc(C)c([Si](C)(C)C)c[n+]1C. The number of pyridine rings is 1. The molecular weight excluding hydrogens is 379 g/mol. The van der Waals surface area contributed by atoms with Crippen molar-refractivity contribution in [2.45, 2.75) is 59.3 Å². The molecule has 0 saturated heterocycles. The zero-order valence-corrected chi connectivity index (χ0v) is 19.9. The molecule has 0 unspecified atom stereocenters. The Morgan fingerprint density at radius 2 is 1.30 bits per heavy atom. The largest absolute Gasteiger partial charge is 0.416 e. The molecule has 0 atom stereocenters. The monoisotopic (exact) mass is 410 g/mol. The Hall–Kier alpha value is -1.41. The highest BCUT2D eigenvalue weighted by atomic mass is 28.3. The van der Waals surface area contributed by atoms with Gasteiger partial charge in [-0.15, -0.1) is 0 Å². The lowest BCUT2D eigenvalue weighted by Crippen LogP contribution is -2.47. The predicted octanol–water partition coefficient (Wildman–Crippen LogP) is 4.90. The van der Waals surface area contributed by atoms with Crippen LogP contribution in [0.2, 0.25) is 39.3 Å². The Kier molecular flexibility index (Phi) is 5.58. The van der Waals surface area contributed by atoms with Gasteiger partial charge in [-0.1, -0.05) is 45.3 Å². The zero-order chi connectivity index (χ0) is 20.9. The molecule has 0 aliphatic rings. The summed E-state index contributed by atoms with van der Waals surface area (Å²) in [5.41, 5.74) is 3.08. The summed E-state index contributed by atoms with van der Waals surface area (Å²) >= 11 is 0. The molecule has 2 rings (SSSR count). The van der Waals surface area contributed by atoms with E-state index in [0.717, 1.165) is 16.8 Å². The standard InChI is InChI=1S/C21H31F3NSi2/c1-14-11-19(26(4,5)6)17(21(22,23)24)12-16(14)18-10-15(2)20(13-25(18)3)27(7,8)9/h10-13H,1-9H3/q+1. The van der Waals surface area contributed by atoms with Crippen molar-refractivity contribution in [1.82, 2.24) is 0 Å². The van der Waals surface area contributed by atoms with Crippen molar-refractivity contribution in [3.63, 3.8) is 0 Å². The molecule has 27 heavy (non-hydrogen) atoms. The molecule has 0 radical (unpaired) electrons. The number of alkyl halides is 3. The molecule has 148 valence electrons. The van der Waals surface area contributed by atoms with Crippen molar-refractivity contribution in [2.24, 2.45) is 7.05 Å². The molecule has 1 aromatic carbocycles. The van der Waals surface area contributed by atoms with E-state index >= 15 is 0 Å². The fraction of sp³-hybridized carbons (Fsp3) is 0.476. The van der Waals surface area contributed by atoms with E-state index in [1.807, 2.05) is 44.2 Å². The van der Waals surface area contributed by atoms with E-state index in [4.69, 9.17) is 0 Å². The summed E-state index contributed by atoms with van der Waals surface area (Å²) in [5, 5.41) is 1.82. The van der Waals surface area contributed by atoms with Crippen LogP contribution in [0.15, 0.2) is 24.4 Å². The quantitative estimate of drug-likeness (QED) is 0.500. The van der Waals surface area contributed by atoms with Gasteiger partial charge in [-0.3, -0.25) is 0 Å². The Labute approximate surface area is 163 Å². The molecule has 0 bridgehead atoms. The molecule has 2 aromatic rings. The van der Waals surface area contributed by atoms with Gasteiger partial charge in [0.1, 0.15) is 7.05 Å². The third-order valence-corrected chi connectivity index (χ3v) is 9.21. The van der Waals surface area contributed by atoms with Crippen LogP contribution in [0, 0.1) is 13.8 Å². The minimum atomic E-state index is -4.34. The Morgan fingerprint density at radius 3 is 1.74 bits per heavy atom. The highest BCUT2D eigenvalue weighted by Gasteiger charge is 2.38. The van der Waals surface area contributed by atoms with Crippen LogP contribution in [0.3, 0.4) is 0 Å². The summed E-state index contributed by atoms with van der Waals surface area (Å²) in [5.74, 6) is 0. The molecule has 0 aliphatic carbocycles. The molecule has 6 heteroatoms. The highest BCUT2D eigenvalue weighted by molar-refractivity contribution is 6.89. The van der Waals surface area contributed by atoms with E-state index in [2.05, 4.69) is 32.8 Å². The van der Waals surface area contributed by atoms with Gasteiger partial charge in [-0.05, 0) is 36.2 Å². The molecule has 0 saturated carbocycles. The summed E-state index contributed by atoms with van der Waals surface area (Å²) in [4.78, 5) is 0. The van der Waals surface area contributed by atoms with Crippen LogP contribution < -0.4 is 14.9 Å². The molecule has 1 heterocycles. The van der Waals surface area contributed by atoms with E-state index < -0.39 is 27.9 Å². The number of aromatic nitrogens is 1. The number of hydrogen-bond acceptors (Lipinski definition) is 0. The van der Waals surface area contributed by atoms with Gasteiger partial charge in [0.05, 0.1) is 21.7 Å². The highest BCUT2D eigenvalue weighted by Crippen LogP contribution is 2.33. The van der Waals surface area contributed by atoms with Crippen molar-refractivity contribution in [1.29, 1.82) is 0 Å². The zero-order valence-electron chi connectivity index (χ0n) is 17.9. The second-order valence-electron chi connectivity index (χ2n) is 9.58. The fourth-order valence-corrected chi connectivity index (χ4v) is 7.15. The molecule has 1 nitrogen and oxygen atoms in total. The van der Waals surface area contributed by atoms with E-state index in [1.54, 1.807) is 6.07 Å². The van der Waals surface area contributed by atoms with Crippen molar-refractivity contribution >= 4 is 26.5 Å². The van der Waals surface area contributed by atoms with E-state index in [9.17, 15) is 13.2 Å². The molecule has 1 aromatic heterocycles. The van der Waals surface area contributed by atoms with Gasteiger partial charge in [0.25, 0.3) is 0 Å². The number of aryl methyl sites for hydroxylation is 3. The summed E-state index contributed by atoms with van der Waals surface area (Å²) in [6.07, 6.45) is -2.24.